The molecule has 0 fully saturated rings. The highest BCUT2D eigenvalue weighted by Crippen LogP contribution is 2.33. The first-order valence-electron chi connectivity index (χ1n) is 9.26. The van der Waals surface area contributed by atoms with Gasteiger partial charge in [-0.2, -0.15) is 4.98 Å². The highest BCUT2D eigenvalue weighted by molar-refractivity contribution is 6.31. The topological polar surface area (TPSA) is 50.3 Å². The van der Waals surface area contributed by atoms with E-state index in [-0.39, 0.29) is 0 Å². The zero-order valence-electron chi connectivity index (χ0n) is 16.7. The second kappa shape index (κ2) is 8.93. The molecule has 1 N–H and O–H groups in total. The van der Waals surface area contributed by atoms with E-state index in [9.17, 15) is 0 Å². The van der Waals surface area contributed by atoms with Crippen LogP contribution in [0.3, 0.4) is 0 Å². The second-order valence-electron chi connectivity index (χ2n) is 6.62. The number of aryl methyl sites for hydroxylation is 2. The average Bonchev–Trinajstić information content (AvgIpc) is 2.69. The molecular weight excluding hydrogens is 372 g/mol. The Morgan fingerprint density at radius 3 is 2.50 bits per heavy atom. The van der Waals surface area contributed by atoms with Gasteiger partial charge in [-0.1, -0.05) is 41.9 Å². The Kier molecular flexibility index (Phi) is 6.37. The summed E-state index contributed by atoms with van der Waals surface area (Å²) in [6.45, 7) is 7.59. The van der Waals surface area contributed by atoms with Crippen LogP contribution in [-0.4, -0.2) is 23.6 Å². The monoisotopic (exact) mass is 396 g/mol. The van der Waals surface area contributed by atoms with Crippen LogP contribution in [0.1, 0.15) is 23.7 Å². The number of halogens is 1. The van der Waals surface area contributed by atoms with Crippen LogP contribution in [0.5, 0.6) is 5.75 Å². The number of hydrogen-bond acceptors (Lipinski definition) is 5. The molecule has 3 rings (SSSR count). The van der Waals surface area contributed by atoms with Crippen molar-refractivity contribution in [3.8, 4) is 5.75 Å². The third-order valence-corrected chi connectivity index (χ3v) is 4.87. The first-order chi connectivity index (χ1) is 13.5. The number of ether oxygens (including phenoxy) is 1. The molecule has 28 heavy (non-hydrogen) atoms. The minimum absolute atomic E-state index is 0.668. The normalized spacial score (nSPS) is 10.6. The van der Waals surface area contributed by atoms with Crippen LogP contribution in [0.25, 0.3) is 0 Å². The largest absolute Gasteiger partial charge is 0.495 e. The fraction of sp³-hybridized carbons (Fsp3) is 0.273. The van der Waals surface area contributed by atoms with Crippen LogP contribution in [0.2, 0.25) is 5.02 Å². The van der Waals surface area contributed by atoms with Crippen molar-refractivity contribution in [1.29, 1.82) is 0 Å². The van der Waals surface area contributed by atoms with Crippen LogP contribution in [-0.2, 0) is 6.54 Å². The highest BCUT2D eigenvalue weighted by Gasteiger charge is 2.13. The number of methoxy groups -OCH3 is 1. The van der Waals surface area contributed by atoms with Crippen molar-refractivity contribution < 1.29 is 4.74 Å². The van der Waals surface area contributed by atoms with Crippen LogP contribution in [0, 0.1) is 13.8 Å². The lowest BCUT2D eigenvalue weighted by molar-refractivity contribution is 0.416. The molecule has 0 saturated carbocycles. The molecule has 1 heterocycles. The summed E-state index contributed by atoms with van der Waals surface area (Å²) in [6.07, 6.45) is 0. The molecule has 0 unspecified atom stereocenters. The molecule has 0 amide bonds. The van der Waals surface area contributed by atoms with Gasteiger partial charge in [0.05, 0.1) is 12.8 Å². The maximum atomic E-state index is 6.22. The third kappa shape index (κ3) is 4.73. The minimum Gasteiger partial charge on any atom is -0.495 e. The van der Waals surface area contributed by atoms with Crippen molar-refractivity contribution in [2.75, 3.05) is 23.9 Å². The van der Waals surface area contributed by atoms with E-state index in [1.165, 1.54) is 5.56 Å². The van der Waals surface area contributed by atoms with Crippen LogP contribution >= 0.6 is 11.6 Å². The van der Waals surface area contributed by atoms with Gasteiger partial charge in [0.1, 0.15) is 11.6 Å². The molecule has 146 valence electrons. The number of aromatic nitrogens is 2. The lowest BCUT2D eigenvalue weighted by atomic mass is 10.2. The maximum Gasteiger partial charge on any atom is 0.227 e. The van der Waals surface area contributed by atoms with Crippen molar-refractivity contribution in [2.24, 2.45) is 0 Å². The van der Waals surface area contributed by atoms with Gasteiger partial charge in [0.25, 0.3) is 0 Å². The van der Waals surface area contributed by atoms with Crippen molar-refractivity contribution in [3.63, 3.8) is 0 Å². The molecule has 0 saturated heterocycles. The molecule has 6 heteroatoms. The molecular formula is C22H25ClN4O. The zero-order chi connectivity index (χ0) is 20.1. The summed E-state index contributed by atoms with van der Waals surface area (Å²) in [5.74, 6) is 2.08. The Morgan fingerprint density at radius 1 is 1.07 bits per heavy atom. The SMILES string of the molecule is CCN(Cc1ccccc1)c1nc(C)cc(Nc2cc(C)c(Cl)cc2OC)n1. The van der Waals surface area contributed by atoms with Gasteiger partial charge < -0.3 is 15.0 Å². The molecule has 0 aliphatic heterocycles. The molecule has 3 aromatic rings. The number of nitrogens with one attached hydrogen (secondary N) is 1. The summed E-state index contributed by atoms with van der Waals surface area (Å²) < 4.78 is 5.46. The third-order valence-electron chi connectivity index (χ3n) is 4.47. The Balaban J connectivity index is 1.90. The lowest BCUT2D eigenvalue weighted by Crippen LogP contribution is -2.24. The van der Waals surface area contributed by atoms with Gasteiger partial charge in [-0.15, -0.1) is 0 Å². The first-order valence-corrected chi connectivity index (χ1v) is 9.63. The molecule has 0 atom stereocenters. The number of benzene rings is 2. The number of nitrogens with zero attached hydrogens (tertiary/aromatic N) is 3. The fourth-order valence-corrected chi connectivity index (χ4v) is 3.11. The lowest BCUT2D eigenvalue weighted by Gasteiger charge is -2.22. The van der Waals surface area contributed by atoms with Crippen LogP contribution in [0.15, 0.2) is 48.5 Å². The standard InChI is InChI=1S/C22H25ClN4O/c1-5-27(14-17-9-7-6-8-10-17)22-24-16(3)12-21(26-22)25-19-11-15(2)18(23)13-20(19)28-4/h6-13H,5,14H2,1-4H3,(H,24,25,26). The van der Waals surface area contributed by atoms with Gasteiger partial charge in [0, 0.05) is 35.9 Å². The van der Waals surface area contributed by atoms with Crippen molar-refractivity contribution in [1.82, 2.24) is 9.97 Å². The molecule has 0 aliphatic rings. The fourth-order valence-electron chi connectivity index (χ4n) is 2.95. The summed E-state index contributed by atoms with van der Waals surface area (Å²) in [5, 5.41) is 4.02. The molecule has 0 aliphatic carbocycles. The second-order valence-corrected chi connectivity index (χ2v) is 7.03. The Morgan fingerprint density at radius 2 is 1.82 bits per heavy atom. The van der Waals surface area contributed by atoms with Crippen LogP contribution < -0.4 is 15.0 Å². The summed E-state index contributed by atoms with van der Waals surface area (Å²) in [6, 6.07) is 16.0. The minimum atomic E-state index is 0.668. The van der Waals surface area contributed by atoms with E-state index in [0.717, 1.165) is 30.0 Å². The number of anilines is 3. The van der Waals surface area contributed by atoms with Gasteiger partial charge in [-0.3, -0.25) is 0 Å². The van der Waals surface area contributed by atoms with Gasteiger partial charge >= 0.3 is 0 Å². The smallest absolute Gasteiger partial charge is 0.227 e. The quantitative estimate of drug-likeness (QED) is 0.569. The van der Waals surface area contributed by atoms with Crippen molar-refractivity contribution >= 4 is 29.1 Å². The Hall–Kier alpha value is -2.79. The van der Waals surface area contributed by atoms with Crippen molar-refractivity contribution in [2.45, 2.75) is 27.3 Å². The van der Waals surface area contributed by atoms with Gasteiger partial charge in [-0.05, 0) is 38.0 Å². The van der Waals surface area contributed by atoms with Crippen molar-refractivity contribution in [3.05, 3.63) is 70.4 Å². The van der Waals surface area contributed by atoms with E-state index < -0.39 is 0 Å². The van der Waals surface area contributed by atoms with Gasteiger partial charge in [0.2, 0.25) is 5.95 Å². The first kappa shape index (κ1) is 20.0. The summed E-state index contributed by atoms with van der Waals surface area (Å²) in [7, 11) is 1.63. The Labute approximate surface area is 171 Å². The molecule has 0 bridgehead atoms. The van der Waals surface area contributed by atoms with Gasteiger partial charge in [-0.25, -0.2) is 4.98 Å². The zero-order valence-corrected chi connectivity index (χ0v) is 17.4. The predicted octanol–water partition coefficient (Wildman–Crippen LogP) is 5.53. The molecule has 2 aromatic carbocycles. The molecule has 0 spiro atoms. The van der Waals surface area contributed by atoms with E-state index in [1.54, 1.807) is 7.11 Å². The van der Waals surface area contributed by atoms with Crippen LogP contribution in [0.4, 0.5) is 17.5 Å². The van der Waals surface area contributed by atoms with E-state index >= 15 is 0 Å². The molecule has 1 aromatic heterocycles. The van der Waals surface area contributed by atoms with Gasteiger partial charge in [0.15, 0.2) is 0 Å². The summed E-state index contributed by atoms with van der Waals surface area (Å²) >= 11 is 6.22. The summed E-state index contributed by atoms with van der Waals surface area (Å²) in [4.78, 5) is 11.5. The maximum absolute atomic E-state index is 6.22. The molecule has 0 radical (unpaired) electrons. The Bertz CT molecular complexity index is 947. The summed E-state index contributed by atoms with van der Waals surface area (Å²) in [5.41, 5.74) is 3.90. The molecule has 5 nitrogen and oxygen atoms in total. The van der Waals surface area contributed by atoms with E-state index in [0.29, 0.717) is 22.5 Å². The van der Waals surface area contributed by atoms with E-state index in [2.05, 4.69) is 34.3 Å². The van der Waals surface area contributed by atoms with E-state index in [1.807, 2.05) is 50.2 Å². The predicted molar refractivity (Wildman–Crippen MR) is 116 cm³/mol. The average molecular weight is 397 g/mol. The number of hydrogen-bond donors (Lipinski definition) is 1. The highest BCUT2D eigenvalue weighted by atomic mass is 35.5. The number of rotatable bonds is 7. The van der Waals surface area contributed by atoms with E-state index in [4.69, 9.17) is 21.3 Å².